The summed E-state index contributed by atoms with van der Waals surface area (Å²) in [4.78, 5) is 0. The van der Waals surface area contributed by atoms with Gasteiger partial charge in [-0.3, -0.25) is 0 Å². The van der Waals surface area contributed by atoms with Crippen molar-refractivity contribution >= 4 is 230 Å². The number of hydrogen-bond acceptors (Lipinski definition) is 14. The molecule has 0 saturated heterocycles. The van der Waals surface area contributed by atoms with Gasteiger partial charge >= 0.3 is 0 Å². The molecule has 0 unspecified atom stereocenters. The molecule has 0 saturated carbocycles. The van der Waals surface area contributed by atoms with E-state index in [1.165, 1.54) is 43.1 Å². The quantitative estimate of drug-likeness (QED) is 0.0496. The Kier molecular flexibility index (Phi) is 19.8. The smallest absolute Gasteiger partial charge is 0.0627 e. The average molecular weight is 1460 g/mol. The van der Waals surface area contributed by atoms with E-state index in [1.54, 1.807) is 6.07 Å². The Labute approximate surface area is 646 Å². The highest BCUT2D eigenvalue weighted by atomic mass is 14.7. The Morgan fingerprint density at radius 1 is 0.116 bits per heavy atom. The highest BCUT2D eigenvalue weighted by Crippen LogP contribution is 2.39. The highest BCUT2D eigenvalue weighted by molar-refractivity contribution is 6.20. The summed E-state index contributed by atoms with van der Waals surface area (Å²) in [6.07, 6.45) is 0. The number of nitrogen functional groups attached to an aromatic ring is 14. The topological polar surface area (TPSA) is 364 Å². The lowest BCUT2D eigenvalue weighted by Gasteiger charge is -2.08. The van der Waals surface area contributed by atoms with E-state index in [4.69, 9.17) is 80.3 Å². The van der Waals surface area contributed by atoms with Gasteiger partial charge in [0.2, 0.25) is 0 Å². The van der Waals surface area contributed by atoms with Crippen molar-refractivity contribution in [2.75, 3.05) is 80.3 Å². The Morgan fingerprint density at radius 2 is 0.411 bits per heavy atom. The van der Waals surface area contributed by atoms with E-state index in [2.05, 4.69) is 115 Å². The minimum Gasteiger partial charge on any atom is -0.399 e. The molecule has 0 aliphatic carbocycles. The maximum absolute atomic E-state index is 6.04. The fourth-order valence-electron chi connectivity index (χ4n) is 15.1. The molecule has 0 aliphatic heterocycles. The monoisotopic (exact) mass is 1460 g/mol. The van der Waals surface area contributed by atoms with E-state index in [0.717, 1.165) is 170 Å². The first-order valence-electron chi connectivity index (χ1n) is 36.6. The molecule has 0 amide bonds. The van der Waals surface area contributed by atoms with Crippen LogP contribution in [0, 0.1) is 0 Å². The van der Waals surface area contributed by atoms with Gasteiger partial charge in [-0.2, -0.15) is 0 Å². The van der Waals surface area contributed by atoms with E-state index < -0.39 is 0 Å². The van der Waals surface area contributed by atoms with Gasteiger partial charge in [0.05, 0.1) is 11.4 Å². The molecule has 0 fully saturated rings. The van der Waals surface area contributed by atoms with Crippen LogP contribution in [0.3, 0.4) is 0 Å². The molecule has 0 heterocycles. The van der Waals surface area contributed by atoms with Crippen LogP contribution in [0.15, 0.2) is 340 Å². The Balaban J connectivity index is 0.000000103. The van der Waals surface area contributed by atoms with Gasteiger partial charge in [0.15, 0.2) is 0 Å². The molecule has 28 N–H and O–H groups in total. The summed E-state index contributed by atoms with van der Waals surface area (Å²) in [7, 11) is 0. The maximum atomic E-state index is 6.04. The van der Waals surface area contributed by atoms with Crippen LogP contribution < -0.4 is 80.3 Å². The number of rotatable bonds is 0. The molecule has 0 spiro atoms. The Bertz CT molecular complexity index is 7070. The van der Waals surface area contributed by atoms with Crippen LogP contribution in [-0.2, 0) is 0 Å². The number of fused-ring (bicyclic) bond motifs is 21. The molecule has 0 aliphatic rings. The van der Waals surface area contributed by atoms with Gasteiger partial charge in [0, 0.05) is 122 Å². The Hall–Kier alpha value is -15.5. The van der Waals surface area contributed by atoms with Crippen LogP contribution in [-0.4, -0.2) is 0 Å². The first-order chi connectivity index (χ1) is 54.3. The first kappa shape index (κ1) is 72.0. The van der Waals surface area contributed by atoms with E-state index in [-0.39, 0.29) is 0 Å². The third-order valence-electron chi connectivity index (χ3n) is 20.7. The standard InChI is InChI=1S/7C14H12N2/c15-12-5-2-4-11-10(12)8-7-9-3-1-6-13(16)14(9)11;15-13-5-1-3-9-10-4-2-6-14(16)12(10)8-7-11(9)13;15-10-5-7-11-9(8-10)4-6-13-12(11)2-1-3-14(13)16;15-10-6-4-9-5-7-12-11(13(9)8-10)2-1-3-14(12)16;15-10-7-13-11-4-2-1-3-9(11)5-6-12(13)14(16)8-10;15-13-8-7-11-10-4-2-1-3-9(10)5-6-12(11)14(13)16;15-12-7-8-13(16)14-10-4-2-1-3-9(10)5-6-11(12)14/h7*1-8H,15-16H2. The third-order valence-corrected chi connectivity index (χ3v) is 20.7. The molecular weight excluding hydrogens is 1370 g/mol. The van der Waals surface area contributed by atoms with Gasteiger partial charge in [0.1, 0.15) is 0 Å². The molecule has 21 rings (SSSR count). The molecule has 0 bridgehead atoms. The summed E-state index contributed by atoms with van der Waals surface area (Å²) >= 11 is 0. The number of hydrogen-bond donors (Lipinski definition) is 14. The fourth-order valence-corrected chi connectivity index (χ4v) is 15.1. The summed E-state index contributed by atoms with van der Waals surface area (Å²) in [6, 6.07) is 113. The summed E-state index contributed by atoms with van der Waals surface area (Å²) in [5, 5.41) is 31.7. The van der Waals surface area contributed by atoms with Crippen LogP contribution in [0.4, 0.5) is 79.6 Å². The summed E-state index contributed by atoms with van der Waals surface area (Å²) in [6.45, 7) is 0. The van der Waals surface area contributed by atoms with Crippen molar-refractivity contribution in [3.05, 3.63) is 340 Å². The molecule has 0 radical (unpaired) electrons. The van der Waals surface area contributed by atoms with Crippen molar-refractivity contribution in [3.8, 4) is 0 Å². The summed E-state index contributed by atoms with van der Waals surface area (Å²) in [5.41, 5.74) is 93.7. The molecule has 21 aromatic carbocycles. The molecule has 14 heteroatoms. The summed E-state index contributed by atoms with van der Waals surface area (Å²) in [5.74, 6) is 0. The molecule has 14 nitrogen and oxygen atoms in total. The predicted octanol–water partition coefficient (Wildman–Crippen LogP) is 22.1. The third kappa shape index (κ3) is 14.3. The van der Waals surface area contributed by atoms with E-state index in [9.17, 15) is 0 Å². The first-order valence-corrected chi connectivity index (χ1v) is 36.6. The lowest BCUT2D eigenvalue weighted by atomic mass is 10.00. The zero-order valence-corrected chi connectivity index (χ0v) is 61.4. The van der Waals surface area contributed by atoms with Crippen molar-refractivity contribution < 1.29 is 0 Å². The normalized spacial score (nSPS) is 11.0. The van der Waals surface area contributed by atoms with Crippen molar-refractivity contribution in [2.45, 2.75) is 0 Å². The number of anilines is 14. The van der Waals surface area contributed by atoms with Gasteiger partial charge in [-0.1, -0.05) is 249 Å². The SMILES string of the molecule is Nc1cc(N)c2ccc3ccccc3c2c1.Nc1ccc(N)c2c1ccc1ccccc12.Nc1ccc2c(ccc3c(N)cccc32)c1.Nc1ccc2c(ccc3ccccc32)c1N.Nc1ccc2ccc3c(N)cccc3c2c1.Nc1cccc2c1ccc1c(N)cccc12.Nc1cccc2c1ccc1cccc(N)c12. The van der Waals surface area contributed by atoms with Crippen LogP contribution in [0.1, 0.15) is 0 Å². The van der Waals surface area contributed by atoms with Gasteiger partial charge in [0.25, 0.3) is 0 Å². The van der Waals surface area contributed by atoms with Gasteiger partial charge in [-0.05, 0) is 188 Å². The van der Waals surface area contributed by atoms with Crippen LogP contribution >= 0.6 is 0 Å². The fraction of sp³-hybridized carbons (Fsp3) is 0. The molecule has 112 heavy (non-hydrogen) atoms. The van der Waals surface area contributed by atoms with Crippen molar-refractivity contribution in [1.82, 2.24) is 0 Å². The van der Waals surface area contributed by atoms with Crippen LogP contribution in [0.2, 0.25) is 0 Å². The van der Waals surface area contributed by atoms with Gasteiger partial charge < -0.3 is 80.3 Å². The molecule has 546 valence electrons. The second-order valence-electron chi connectivity index (χ2n) is 27.8. The Morgan fingerprint density at radius 3 is 0.982 bits per heavy atom. The average Bonchev–Trinajstić information content (AvgIpc) is 0.791. The minimum absolute atomic E-state index is 0.641. The highest BCUT2D eigenvalue weighted by Gasteiger charge is 2.12. The van der Waals surface area contributed by atoms with E-state index in [0.29, 0.717) is 17.1 Å². The summed E-state index contributed by atoms with van der Waals surface area (Å²) < 4.78 is 0. The number of nitrogens with two attached hydrogens (primary N) is 14. The maximum Gasteiger partial charge on any atom is 0.0627 e. The lowest BCUT2D eigenvalue weighted by Crippen LogP contribution is -1.95. The van der Waals surface area contributed by atoms with E-state index >= 15 is 0 Å². The molecular formula is C98H84N14. The predicted molar refractivity (Wildman–Crippen MR) is 492 cm³/mol. The van der Waals surface area contributed by atoms with Crippen molar-refractivity contribution in [3.63, 3.8) is 0 Å². The molecule has 0 aromatic heterocycles. The second kappa shape index (κ2) is 30.7. The molecule has 21 aromatic rings. The van der Waals surface area contributed by atoms with Gasteiger partial charge in [-0.25, -0.2) is 0 Å². The zero-order chi connectivity index (χ0) is 77.8. The van der Waals surface area contributed by atoms with Gasteiger partial charge in [-0.15, -0.1) is 0 Å². The van der Waals surface area contributed by atoms with Crippen LogP contribution in [0.5, 0.6) is 0 Å². The van der Waals surface area contributed by atoms with Crippen molar-refractivity contribution in [1.29, 1.82) is 0 Å². The second-order valence-corrected chi connectivity index (χ2v) is 27.8. The molecule has 0 atom stereocenters. The zero-order valence-electron chi connectivity index (χ0n) is 61.4. The van der Waals surface area contributed by atoms with Crippen LogP contribution in [0.25, 0.3) is 151 Å². The largest absolute Gasteiger partial charge is 0.399 e. The lowest BCUT2D eigenvalue weighted by molar-refractivity contribution is 1.72. The van der Waals surface area contributed by atoms with Crippen molar-refractivity contribution in [2.24, 2.45) is 0 Å². The van der Waals surface area contributed by atoms with E-state index in [1.807, 2.05) is 218 Å². The minimum atomic E-state index is 0.641. The number of benzene rings is 21.